The average molecular weight is 222 g/mol. The monoisotopic (exact) mass is 222 g/mol. The zero-order valence-corrected chi connectivity index (χ0v) is 9.95. The normalized spacial score (nSPS) is 11.2. The summed E-state index contributed by atoms with van der Waals surface area (Å²) in [7, 11) is -4.57. The molecule has 0 spiro atoms. The summed E-state index contributed by atoms with van der Waals surface area (Å²) in [5.41, 5.74) is 0.196. The van der Waals surface area contributed by atoms with E-state index in [1.54, 1.807) is 0 Å². The van der Waals surface area contributed by atoms with Crippen LogP contribution in [0.15, 0.2) is 17.7 Å². The first-order chi connectivity index (χ1) is 6.09. The summed E-state index contributed by atoms with van der Waals surface area (Å²) in [6.07, 6.45) is 2.22. The Morgan fingerprint density at radius 1 is 1.29 bits per heavy atom. The first-order valence-corrected chi connectivity index (χ1v) is 4.60. The van der Waals surface area contributed by atoms with Crippen LogP contribution in [-0.4, -0.2) is 32.9 Å². The van der Waals surface area contributed by atoms with Gasteiger partial charge in [0.05, 0.1) is 6.33 Å². The van der Waals surface area contributed by atoms with Crippen LogP contribution in [0.4, 0.5) is 0 Å². The Morgan fingerprint density at radius 3 is 2.64 bits per heavy atom. The van der Waals surface area contributed by atoms with Gasteiger partial charge in [0, 0.05) is 0 Å². The van der Waals surface area contributed by atoms with Gasteiger partial charge in [-0.1, -0.05) is 0 Å². The van der Waals surface area contributed by atoms with Crippen LogP contribution in [0, 0.1) is 0 Å². The number of H-pyrrole nitrogens is 1. The van der Waals surface area contributed by atoms with Crippen molar-refractivity contribution >= 4 is 21.3 Å². The number of nitrogens with zero attached hydrogens (tertiary/aromatic N) is 3. The second-order valence-electron chi connectivity index (χ2n) is 2.23. The second kappa shape index (κ2) is 3.91. The van der Waals surface area contributed by atoms with Crippen LogP contribution in [0.25, 0.3) is 11.2 Å². The summed E-state index contributed by atoms with van der Waals surface area (Å²) in [4.78, 5) is 13.2. The van der Waals surface area contributed by atoms with Crippen molar-refractivity contribution in [1.82, 2.24) is 19.9 Å². The Morgan fingerprint density at radius 2 is 2.00 bits per heavy atom. The van der Waals surface area contributed by atoms with Crippen molar-refractivity contribution in [3.05, 3.63) is 12.7 Å². The molecule has 0 bridgehead atoms. The Bertz CT molecular complexity index is 551. The SMILES string of the molecule is O=S(=O)([O-])c1ncnc2nc[nH]c12.[Na+]. The third-order valence-electron chi connectivity index (χ3n) is 1.43. The van der Waals surface area contributed by atoms with Crippen molar-refractivity contribution in [2.75, 3.05) is 0 Å². The third kappa shape index (κ3) is 1.93. The molecule has 0 aromatic carbocycles. The number of fused-ring (bicyclic) bond motifs is 1. The molecule has 0 radical (unpaired) electrons. The van der Waals surface area contributed by atoms with Crippen LogP contribution in [0.1, 0.15) is 0 Å². The van der Waals surface area contributed by atoms with E-state index in [1.807, 2.05) is 0 Å². The molecule has 0 aliphatic rings. The average Bonchev–Trinajstić information content (AvgIpc) is 2.48. The molecule has 0 saturated heterocycles. The number of aromatic amines is 1. The molecule has 0 aliphatic carbocycles. The van der Waals surface area contributed by atoms with Crippen molar-refractivity contribution in [2.45, 2.75) is 5.03 Å². The summed E-state index contributed by atoms with van der Waals surface area (Å²) >= 11 is 0. The standard InChI is InChI=1S/C5H4N4O3S.Na/c10-13(11,12)5-3-4(7-1-6-3)8-2-9-5;/h1-2H,(H,10,11,12)(H,6,7,8,9);/q;+1/p-1. The number of hydrogen-bond acceptors (Lipinski definition) is 6. The van der Waals surface area contributed by atoms with Gasteiger partial charge >= 0.3 is 29.6 Å². The summed E-state index contributed by atoms with van der Waals surface area (Å²) in [6.45, 7) is 0. The fourth-order valence-electron chi connectivity index (χ4n) is 0.932. The first-order valence-electron chi connectivity index (χ1n) is 3.19. The van der Waals surface area contributed by atoms with Crippen molar-refractivity contribution in [3.63, 3.8) is 0 Å². The number of nitrogens with one attached hydrogen (secondary N) is 1. The predicted molar refractivity (Wildman–Crippen MR) is 39.6 cm³/mol. The summed E-state index contributed by atoms with van der Waals surface area (Å²) in [5, 5.41) is -0.574. The molecule has 0 amide bonds. The minimum atomic E-state index is -4.57. The summed E-state index contributed by atoms with van der Waals surface area (Å²) in [6, 6.07) is 0. The second-order valence-corrected chi connectivity index (χ2v) is 3.53. The van der Waals surface area contributed by atoms with Crippen LogP contribution in [0.3, 0.4) is 0 Å². The topological polar surface area (TPSA) is 112 Å². The molecular formula is C5H3N4NaO3S. The molecule has 2 heterocycles. The zero-order chi connectivity index (χ0) is 9.47. The van der Waals surface area contributed by atoms with E-state index in [0.29, 0.717) is 0 Å². The molecule has 0 atom stereocenters. The largest absolute Gasteiger partial charge is 1.00 e. The van der Waals surface area contributed by atoms with E-state index in [0.717, 1.165) is 6.33 Å². The van der Waals surface area contributed by atoms with Gasteiger partial charge in [-0.3, -0.25) is 0 Å². The van der Waals surface area contributed by atoms with E-state index >= 15 is 0 Å². The first kappa shape index (κ1) is 11.5. The quantitative estimate of drug-likeness (QED) is 0.301. The van der Waals surface area contributed by atoms with Crippen molar-refractivity contribution in [2.24, 2.45) is 0 Å². The van der Waals surface area contributed by atoms with Gasteiger partial charge in [-0.15, -0.1) is 0 Å². The summed E-state index contributed by atoms with van der Waals surface area (Å²) < 4.78 is 32.0. The Hall–Kier alpha value is -0.540. The molecule has 14 heavy (non-hydrogen) atoms. The zero-order valence-electron chi connectivity index (χ0n) is 7.13. The van der Waals surface area contributed by atoms with E-state index in [-0.39, 0.29) is 40.7 Å². The van der Waals surface area contributed by atoms with Gasteiger partial charge in [-0.2, -0.15) is 0 Å². The molecule has 2 aromatic rings. The number of rotatable bonds is 1. The van der Waals surface area contributed by atoms with Crippen LogP contribution in [-0.2, 0) is 10.1 Å². The predicted octanol–water partition coefficient (Wildman–Crippen LogP) is -3.74. The maximum atomic E-state index is 10.7. The van der Waals surface area contributed by atoms with E-state index in [4.69, 9.17) is 0 Å². The molecule has 1 N–H and O–H groups in total. The van der Waals surface area contributed by atoms with Crippen molar-refractivity contribution in [3.8, 4) is 0 Å². The minimum absolute atomic E-state index is 0. The van der Waals surface area contributed by atoms with Crippen LogP contribution < -0.4 is 29.6 Å². The Labute approximate surface area is 101 Å². The fraction of sp³-hybridized carbons (Fsp3) is 0. The molecule has 2 rings (SSSR count). The van der Waals surface area contributed by atoms with Gasteiger partial charge in [0.25, 0.3) is 0 Å². The van der Waals surface area contributed by atoms with Crippen LogP contribution in [0.2, 0.25) is 0 Å². The van der Waals surface area contributed by atoms with Crippen molar-refractivity contribution < 1.29 is 42.5 Å². The fourth-order valence-corrected chi connectivity index (χ4v) is 1.51. The molecule has 2 aromatic heterocycles. The number of imidazole rings is 1. The minimum Gasteiger partial charge on any atom is -0.743 e. The van der Waals surface area contributed by atoms with Gasteiger partial charge in [0.15, 0.2) is 10.7 Å². The van der Waals surface area contributed by atoms with Gasteiger partial charge in [-0.05, 0) is 0 Å². The van der Waals surface area contributed by atoms with Crippen molar-refractivity contribution in [1.29, 1.82) is 0 Å². The molecule has 0 saturated carbocycles. The molecule has 0 unspecified atom stereocenters. The van der Waals surface area contributed by atoms with Gasteiger partial charge in [0.2, 0.25) is 0 Å². The third-order valence-corrected chi connectivity index (χ3v) is 2.21. The Kier molecular flexibility index (Phi) is 3.22. The molecular weight excluding hydrogens is 219 g/mol. The van der Waals surface area contributed by atoms with E-state index in [2.05, 4.69) is 19.9 Å². The van der Waals surface area contributed by atoms with Gasteiger partial charge < -0.3 is 9.54 Å². The number of aromatic nitrogens is 4. The van der Waals surface area contributed by atoms with E-state index in [1.165, 1.54) is 6.33 Å². The molecule has 7 nitrogen and oxygen atoms in total. The van der Waals surface area contributed by atoms with E-state index in [9.17, 15) is 13.0 Å². The molecule has 68 valence electrons. The molecule has 0 aliphatic heterocycles. The van der Waals surface area contributed by atoms with Crippen LogP contribution >= 0.6 is 0 Å². The summed E-state index contributed by atoms with van der Waals surface area (Å²) in [5.74, 6) is 0. The van der Waals surface area contributed by atoms with E-state index < -0.39 is 15.1 Å². The number of hydrogen-bond donors (Lipinski definition) is 1. The molecule has 9 heteroatoms. The maximum absolute atomic E-state index is 10.7. The van der Waals surface area contributed by atoms with Gasteiger partial charge in [0.1, 0.15) is 22.0 Å². The maximum Gasteiger partial charge on any atom is 1.00 e. The Balaban J connectivity index is 0.000000980. The molecule has 0 fully saturated rings. The smallest absolute Gasteiger partial charge is 0.743 e. The van der Waals surface area contributed by atoms with Gasteiger partial charge in [-0.25, -0.2) is 23.4 Å². The van der Waals surface area contributed by atoms with Crippen LogP contribution in [0.5, 0.6) is 0 Å².